The molecule has 1 aliphatic heterocycles. The minimum absolute atomic E-state index is 0.368. The van der Waals surface area contributed by atoms with Crippen molar-refractivity contribution >= 4 is 0 Å². The summed E-state index contributed by atoms with van der Waals surface area (Å²) in [5.41, 5.74) is 0.368. The molecule has 1 fully saturated rings. The van der Waals surface area contributed by atoms with Gasteiger partial charge < -0.3 is 10.2 Å². The van der Waals surface area contributed by atoms with Crippen LogP contribution in [0, 0.1) is 5.92 Å². The minimum atomic E-state index is 0.368. The second kappa shape index (κ2) is 5.86. The smallest absolute Gasteiger partial charge is 0.0147 e. The van der Waals surface area contributed by atoms with Gasteiger partial charge in [0, 0.05) is 5.54 Å². The first-order chi connectivity index (χ1) is 7.06. The van der Waals surface area contributed by atoms with Crippen LogP contribution in [0.3, 0.4) is 0 Å². The maximum atomic E-state index is 3.43. The van der Waals surface area contributed by atoms with Crippen LogP contribution < -0.4 is 5.32 Å². The summed E-state index contributed by atoms with van der Waals surface area (Å²) in [4.78, 5) is 2.52. The van der Waals surface area contributed by atoms with E-state index in [0.717, 1.165) is 5.92 Å². The molecular weight excluding hydrogens is 184 g/mol. The molecule has 0 spiro atoms. The summed E-state index contributed by atoms with van der Waals surface area (Å²) in [6.07, 6.45) is 5.36. The number of piperidine rings is 1. The molecule has 1 saturated heterocycles. The van der Waals surface area contributed by atoms with E-state index in [-0.39, 0.29) is 0 Å². The van der Waals surface area contributed by atoms with Crippen LogP contribution in [0.5, 0.6) is 0 Å². The first kappa shape index (κ1) is 13.0. The molecule has 0 atom stereocenters. The Morgan fingerprint density at radius 1 is 1.27 bits per heavy atom. The molecular formula is C13H28N2. The van der Waals surface area contributed by atoms with E-state index in [9.17, 15) is 0 Å². The Hall–Kier alpha value is -0.0800. The van der Waals surface area contributed by atoms with Crippen molar-refractivity contribution in [1.82, 2.24) is 10.2 Å². The van der Waals surface area contributed by atoms with Gasteiger partial charge in [-0.25, -0.2) is 0 Å². The highest BCUT2D eigenvalue weighted by Crippen LogP contribution is 2.20. The van der Waals surface area contributed by atoms with Gasteiger partial charge in [-0.15, -0.1) is 0 Å². The van der Waals surface area contributed by atoms with Crippen LogP contribution in [0.15, 0.2) is 0 Å². The monoisotopic (exact) mass is 212 g/mol. The van der Waals surface area contributed by atoms with Crippen molar-refractivity contribution in [3.63, 3.8) is 0 Å². The Morgan fingerprint density at radius 2 is 1.87 bits per heavy atom. The molecule has 0 unspecified atom stereocenters. The number of rotatable bonds is 5. The predicted molar refractivity (Wildman–Crippen MR) is 67.2 cm³/mol. The zero-order valence-electron chi connectivity index (χ0n) is 11.0. The van der Waals surface area contributed by atoms with Gasteiger partial charge in [-0.2, -0.15) is 0 Å². The van der Waals surface area contributed by atoms with Crippen molar-refractivity contribution in [2.45, 2.75) is 52.0 Å². The number of nitrogens with zero attached hydrogens (tertiary/aromatic N) is 1. The van der Waals surface area contributed by atoms with E-state index in [1.165, 1.54) is 45.3 Å². The van der Waals surface area contributed by atoms with E-state index in [1.54, 1.807) is 0 Å². The highest BCUT2D eigenvalue weighted by atomic mass is 15.2. The van der Waals surface area contributed by atoms with E-state index >= 15 is 0 Å². The van der Waals surface area contributed by atoms with Gasteiger partial charge in [0.15, 0.2) is 0 Å². The fraction of sp³-hybridized carbons (Fsp3) is 1.00. The topological polar surface area (TPSA) is 15.3 Å². The number of hydrogen-bond donors (Lipinski definition) is 1. The molecule has 0 aromatic heterocycles. The van der Waals surface area contributed by atoms with Gasteiger partial charge >= 0.3 is 0 Å². The molecule has 1 N–H and O–H groups in total. The van der Waals surface area contributed by atoms with Gasteiger partial charge in [0.25, 0.3) is 0 Å². The lowest BCUT2D eigenvalue weighted by Gasteiger charge is -2.36. The molecule has 0 saturated carbocycles. The van der Waals surface area contributed by atoms with Gasteiger partial charge in [0.1, 0.15) is 0 Å². The Labute approximate surface area is 95.4 Å². The third-order valence-corrected chi connectivity index (χ3v) is 4.23. The summed E-state index contributed by atoms with van der Waals surface area (Å²) in [5.74, 6) is 0.960. The predicted octanol–water partition coefficient (Wildman–Crippen LogP) is 2.50. The zero-order chi connectivity index (χ0) is 11.3. The first-order valence-electron chi connectivity index (χ1n) is 6.48. The summed E-state index contributed by atoms with van der Waals surface area (Å²) in [7, 11) is 2.27. The highest BCUT2D eigenvalue weighted by molar-refractivity contribution is 4.78. The Kier molecular flexibility index (Phi) is 5.07. The van der Waals surface area contributed by atoms with E-state index in [4.69, 9.17) is 0 Å². The number of hydrogen-bond acceptors (Lipinski definition) is 2. The minimum Gasteiger partial charge on any atom is -0.317 e. The van der Waals surface area contributed by atoms with Crippen molar-refractivity contribution in [3.8, 4) is 0 Å². The summed E-state index contributed by atoms with van der Waals surface area (Å²) >= 11 is 0. The van der Waals surface area contributed by atoms with E-state index in [1.807, 2.05) is 0 Å². The van der Waals surface area contributed by atoms with Crippen molar-refractivity contribution in [2.75, 3.05) is 26.7 Å². The fourth-order valence-electron chi connectivity index (χ4n) is 2.12. The van der Waals surface area contributed by atoms with E-state index < -0.39 is 0 Å². The highest BCUT2D eigenvalue weighted by Gasteiger charge is 2.22. The molecule has 0 amide bonds. The first-order valence-corrected chi connectivity index (χ1v) is 6.48. The lowest BCUT2D eigenvalue weighted by atomic mass is 9.93. The Bertz CT molecular complexity index is 171. The van der Waals surface area contributed by atoms with Gasteiger partial charge in [0.05, 0.1) is 0 Å². The average molecular weight is 212 g/mol. The maximum Gasteiger partial charge on any atom is 0.0147 e. The summed E-state index contributed by atoms with van der Waals surface area (Å²) in [6.45, 7) is 10.7. The Morgan fingerprint density at radius 3 is 2.40 bits per heavy atom. The molecule has 0 aromatic carbocycles. The van der Waals surface area contributed by atoms with Crippen LogP contribution in [0.2, 0.25) is 0 Å². The average Bonchev–Trinajstić information content (AvgIpc) is 2.27. The molecule has 0 aromatic rings. The molecule has 2 heteroatoms. The lowest BCUT2D eigenvalue weighted by Crippen LogP contribution is -2.42. The molecule has 1 rings (SSSR count). The van der Waals surface area contributed by atoms with Crippen LogP contribution in [0.25, 0.3) is 0 Å². The summed E-state index contributed by atoms with van der Waals surface area (Å²) < 4.78 is 0. The number of nitrogens with one attached hydrogen (secondary N) is 1. The zero-order valence-corrected chi connectivity index (χ0v) is 11.0. The quantitative estimate of drug-likeness (QED) is 0.753. The Balaban J connectivity index is 2.23. The molecule has 1 heterocycles. The standard InChI is InChI=1S/C13H28N2/c1-5-13(2,3)15(4)11-8-12-6-9-14-10-7-12/h12,14H,5-11H2,1-4H3. The largest absolute Gasteiger partial charge is 0.317 e. The molecule has 1 aliphatic rings. The van der Waals surface area contributed by atoms with Crippen molar-refractivity contribution < 1.29 is 0 Å². The molecule has 90 valence electrons. The van der Waals surface area contributed by atoms with Gasteiger partial charge in [-0.05, 0) is 72.1 Å². The van der Waals surface area contributed by atoms with E-state index in [2.05, 4.69) is 38.0 Å². The van der Waals surface area contributed by atoms with Gasteiger partial charge in [-0.1, -0.05) is 6.92 Å². The summed E-state index contributed by atoms with van der Waals surface area (Å²) in [5, 5.41) is 3.43. The maximum absolute atomic E-state index is 3.43. The van der Waals surface area contributed by atoms with Crippen LogP contribution in [-0.2, 0) is 0 Å². The molecule has 15 heavy (non-hydrogen) atoms. The molecule has 2 nitrogen and oxygen atoms in total. The molecule has 0 bridgehead atoms. The summed E-state index contributed by atoms with van der Waals surface area (Å²) in [6, 6.07) is 0. The fourth-order valence-corrected chi connectivity index (χ4v) is 2.12. The SMILES string of the molecule is CCC(C)(C)N(C)CCC1CCNCC1. The molecule has 0 radical (unpaired) electrons. The molecule has 0 aliphatic carbocycles. The lowest BCUT2D eigenvalue weighted by molar-refractivity contribution is 0.137. The second-order valence-corrected chi connectivity index (χ2v) is 5.57. The second-order valence-electron chi connectivity index (χ2n) is 5.57. The van der Waals surface area contributed by atoms with Crippen molar-refractivity contribution in [1.29, 1.82) is 0 Å². The normalized spacial score (nSPS) is 19.8. The van der Waals surface area contributed by atoms with Crippen LogP contribution in [-0.4, -0.2) is 37.1 Å². The van der Waals surface area contributed by atoms with Crippen molar-refractivity contribution in [2.24, 2.45) is 5.92 Å². The van der Waals surface area contributed by atoms with Crippen molar-refractivity contribution in [3.05, 3.63) is 0 Å². The van der Waals surface area contributed by atoms with Crippen LogP contribution in [0.1, 0.15) is 46.5 Å². The van der Waals surface area contributed by atoms with Gasteiger partial charge in [-0.3, -0.25) is 0 Å². The van der Waals surface area contributed by atoms with Crippen LogP contribution in [0.4, 0.5) is 0 Å². The van der Waals surface area contributed by atoms with Gasteiger partial charge in [0.2, 0.25) is 0 Å². The van der Waals surface area contributed by atoms with Crippen LogP contribution >= 0.6 is 0 Å². The van der Waals surface area contributed by atoms with E-state index in [0.29, 0.717) is 5.54 Å². The third-order valence-electron chi connectivity index (χ3n) is 4.23. The third kappa shape index (κ3) is 4.12.